The number of hydrogen-bond donors (Lipinski definition) is 3. The van der Waals surface area contributed by atoms with Crippen LogP contribution >= 0.6 is 23.2 Å². The van der Waals surface area contributed by atoms with Crippen molar-refractivity contribution in [2.24, 2.45) is 0 Å². The third-order valence-electron chi connectivity index (χ3n) is 13.7. The molecular formula is C60H64Cl2N8O4. The minimum Gasteiger partial charge on any atom is -0.361 e. The zero-order valence-electron chi connectivity index (χ0n) is 42.8. The van der Waals surface area contributed by atoms with Crippen molar-refractivity contribution in [3.05, 3.63) is 213 Å². The molecule has 3 N–H and O–H groups in total. The Morgan fingerprint density at radius 2 is 0.959 bits per heavy atom. The highest BCUT2D eigenvalue weighted by atomic mass is 35.5. The molecule has 3 amide bonds. The fraction of sp³-hybridized carbons (Fsp3) is 0.267. The van der Waals surface area contributed by atoms with Crippen LogP contribution in [0.15, 0.2) is 164 Å². The smallest absolute Gasteiger partial charge is 0.294 e. The lowest BCUT2D eigenvalue weighted by atomic mass is 9.95. The van der Waals surface area contributed by atoms with E-state index in [1.807, 2.05) is 67.3 Å². The summed E-state index contributed by atoms with van der Waals surface area (Å²) in [5.74, 6) is -1.46. The average Bonchev–Trinajstić information content (AvgIpc) is 4.05. The molecule has 10 rings (SSSR count). The summed E-state index contributed by atoms with van der Waals surface area (Å²) in [5.41, 5.74) is 7.61. The van der Waals surface area contributed by atoms with Crippen molar-refractivity contribution in [1.82, 2.24) is 39.8 Å². The lowest BCUT2D eigenvalue weighted by Gasteiger charge is -2.43. The second-order valence-electron chi connectivity index (χ2n) is 19.1. The zero-order valence-corrected chi connectivity index (χ0v) is 44.3. The molecule has 74 heavy (non-hydrogen) atoms. The number of benzene rings is 6. The van der Waals surface area contributed by atoms with E-state index < -0.39 is 11.7 Å². The number of hydrogen-bond acceptors (Lipinski definition) is 7. The fourth-order valence-corrected chi connectivity index (χ4v) is 10.7. The van der Waals surface area contributed by atoms with E-state index in [0.717, 1.165) is 24.0 Å². The molecule has 14 heteroatoms. The lowest BCUT2D eigenvalue weighted by molar-refractivity contribution is -0.124. The largest absolute Gasteiger partial charge is 0.361 e. The average molecular weight is 1030 g/mol. The molecular weight excluding hydrogens is 968 g/mol. The van der Waals surface area contributed by atoms with Crippen LogP contribution in [-0.4, -0.2) is 138 Å². The Balaban J connectivity index is 0.000000190. The van der Waals surface area contributed by atoms with Crippen molar-refractivity contribution >= 4 is 68.5 Å². The molecule has 2 aromatic heterocycles. The molecule has 2 atom stereocenters. The lowest BCUT2D eigenvalue weighted by Crippen LogP contribution is -2.54. The molecule has 0 aliphatic carbocycles. The van der Waals surface area contributed by atoms with Gasteiger partial charge in [-0.05, 0) is 80.5 Å². The van der Waals surface area contributed by atoms with Crippen molar-refractivity contribution in [3.8, 4) is 0 Å². The highest BCUT2D eigenvalue weighted by Gasteiger charge is 2.36. The number of likely N-dealkylation sites (N-methyl/N-ethyl adjacent to an activating group) is 1. The van der Waals surface area contributed by atoms with Gasteiger partial charge in [-0.1, -0.05) is 145 Å². The van der Waals surface area contributed by atoms with Crippen molar-refractivity contribution in [2.45, 2.75) is 38.0 Å². The molecule has 0 saturated carbocycles. The third-order valence-corrected chi connectivity index (χ3v) is 14.4. The van der Waals surface area contributed by atoms with E-state index >= 15 is 0 Å². The van der Waals surface area contributed by atoms with Crippen molar-refractivity contribution in [3.63, 3.8) is 0 Å². The first-order valence-corrected chi connectivity index (χ1v) is 25.8. The molecule has 0 bridgehead atoms. The van der Waals surface area contributed by atoms with Crippen LogP contribution in [0.5, 0.6) is 0 Å². The molecule has 0 unspecified atom stereocenters. The molecule has 12 nitrogen and oxygen atoms in total. The van der Waals surface area contributed by atoms with Gasteiger partial charge < -0.3 is 30.0 Å². The van der Waals surface area contributed by atoms with Crippen LogP contribution in [0, 0.1) is 0 Å². The Hall–Kier alpha value is -7.06. The van der Waals surface area contributed by atoms with Crippen LogP contribution in [0.4, 0.5) is 0 Å². The van der Waals surface area contributed by atoms with E-state index in [1.54, 1.807) is 12.1 Å². The third kappa shape index (κ3) is 11.8. The summed E-state index contributed by atoms with van der Waals surface area (Å²) in [4.78, 5) is 68.4. The number of ketones is 1. The zero-order chi connectivity index (χ0) is 52.5. The van der Waals surface area contributed by atoms with E-state index in [9.17, 15) is 19.2 Å². The van der Waals surface area contributed by atoms with E-state index in [2.05, 4.69) is 141 Å². The predicted molar refractivity (Wildman–Crippen MR) is 298 cm³/mol. The molecule has 2 aliphatic heterocycles. The summed E-state index contributed by atoms with van der Waals surface area (Å²) in [7, 11) is 6.81. The Labute approximate surface area is 443 Å². The predicted octanol–water partition coefficient (Wildman–Crippen LogP) is 10.6. The number of halogens is 2. The highest BCUT2D eigenvalue weighted by Crippen LogP contribution is 2.35. The quantitative estimate of drug-likeness (QED) is 0.0919. The minimum atomic E-state index is -0.637. The fourth-order valence-electron chi connectivity index (χ4n) is 10.2. The summed E-state index contributed by atoms with van der Waals surface area (Å²) >= 11 is 13.1. The maximum Gasteiger partial charge on any atom is 0.294 e. The summed E-state index contributed by atoms with van der Waals surface area (Å²) in [6, 6.07) is 51.3. The van der Waals surface area contributed by atoms with E-state index in [-0.39, 0.29) is 41.5 Å². The maximum absolute atomic E-state index is 13.8. The van der Waals surface area contributed by atoms with Gasteiger partial charge >= 0.3 is 0 Å². The van der Waals surface area contributed by atoms with E-state index in [1.165, 1.54) is 47.4 Å². The number of carbonyl (C=O) groups is 4. The van der Waals surface area contributed by atoms with Crippen molar-refractivity contribution in [1.29, 1.82) is 0 Å². The van der Waals surface area contributed by atoms with Crippen LogP contribution in [0.1, 0.15) is 79.3 Å². The number of rotatable bonds is 10. The van der Waals surface area contributed by atoms with Crippen molar-refractivity contribution < 1.29 is 19.2 Å². The first-order valence-electron chi connectivity index (χ1n) is 25.0. The topological polar surface area (TPSA) is 128 Å². The SMILES string of the molecule is CNC.C[C@@H]1CN(C(c2ccccc2)c2ccccc2)CCN1C(=O)c1cc2c(C(=O)C(=O)N(C)C)c[nH]c2cc1Cl.C[C@@H]1CN(C(c2ccccc2)c2ccccc2)CCN1C(=O)c1cc2cc[nH]c2cc1Cl. The second kappa shape index (κ2) is 24.3. The van der Waals surface area contributed by atoms with Gasteiger partial charge in [0, 0.05) is 99.6 Å². The number of Topliss-reactive ketones (excluding diaryl/α,β-unsaturated/α-hetero) is 1. The number of nitrogens with zero attached hydrogens (tertiary/aromatic N) is 5. The molecule has 8 aromatic rings. The Morgan fingerprint density at radius 1 is 0.554 bits per heavy atom. The van der Waals surface area contributed by atoms with Gasteiger partial charge in [0.05, 0.1) is 38.8 Å². The molecule has 0 spiro atoms. The van der Waals surface area contributed by atoms with Crippen molar-refractivity contribution in [2.75, 3.05) is 67.5 Å². The van der Waals surface area contributed by atoms with Crippen LogP contribution < -0.4 is 5.32 Å². The number of carbonyl (C=O) groups excluding carboxylic acids is 4. The van der Waals surface area contributed by atoms with Gasteiger partial charge in [-0.25, -0.2) is 0 Å². The number of H-pyrrole nitrogens is 2. The van der Waals surface area contributed by atoms with Crippen LogP contribution in [0.3, 0.4) is 0 Å². The Morgan fingerprint density at radius 3 is 1.36 bits per heavy atom. The van der Waals surface area contributed by atoms with Gasteiger partial charge in [0.1, 0.15) is 0 Å². The minimum absolute atomic E-state index is 0.00113. The second-order valence-corrected chi connectivity index (χ2v) is 20.0. The first kappa shape index (κ1) is 53.2. The molecule has 4 heterocycles. The summed E-state index contributed by atoms with van der Waals surface area (Å²) in [6.07, 6.45) is 3.36. The van der Waals surface area contributed by atoms with Crippen LogP contribution in [-0.2, 0) is 4.79 Å². The molecule has 0 radical (unpaired) electrons. The number of amides is 3. The Kier molecular flexibility index (Phi) is 17.5. The monoisotopic (exact) mass is 1030 g/mol. The number of aromatic amines is 2. The highest BCUT2D eigenvalue weighted by molar-refractivity contribution is 6.45. The number of piperazine rings is 2. The summed E-state index contributed by atoms with van der Waals surface area (Å²) in [5, 5.41) is 5.04. The van der Waals surface area contributed by atoms with Gasteiger partial charge in [-0.2, -0.15) is 0 Å². The van der Waals surface area contributed by atoms with Gasteiger partial charge in [-0.3, -0.25) is 29.0 Å². The number of aromatic nitrogens is 2. The van der Waals surface area contributed by atoms with Crippen LogP contribution in [0.2, 0.25) is 10.0 Å². The first-order chi connectivity index (χ1) is 35.8. The standard InChI is InChI=1S/C31H31ClN4O3.C27H26ClN3O.C2H7N/c1-20-19-35(28(21-10-6-4-7-11-21)22-12-8-5-9-13-22)14-15-36(20)30(38)24-16-23-25(29(37)31(39)34(2)3)18-33-27(23)17-26(24)32;1-19-18-30(26(20-8-4-2-5-9-20)21-10-6-3-7-11-21)14-15-31(19)27(32)23-16-22-12-13-29-25(22)17-24(23)28;1-3-2/h4-13,16-18,20,28,33H,14-15,19H2,1-3H3;2-13,16-17,19,26,29H,14-15,18H2,1H3;3H,1-2H3/t20-;19-;/m11./s1. The van der Waals surface area contributed by atoms with E-state index in [0.29, 0.717) is 58.3 Å². The Bertz CT molecular complexity index is 3110. The summed E-state index contributed by atoms with van der Waals surface area (Å²) in [6.45, 7) is 8.34. The number of fused-ring (bicyclic) bond motifs is 2. The van der Waals surface area contributed by atoms with Gasteiger partial charge in [0.25, 0.3) is 23.5 Å². The number of nitrogens with one attached hydrogen (secondary N) is 3. The molecule has 6 aromatic carbocycles. The molecule has 2 saturated heterocycles. The van der Waals surface area contributed by atoms with Gasteiger partial charge in [-0.15, -0.1) is 0 Å². The summed E-state index contributed by atoms with van der Waals surface area (Å²) < 4.78 is 0. The normalized spacial score (nSPS) is 16.1. The van der Waals surface area contributed by atoms with Gasteiger partial charge in [0.15, 0.2) is 0 Å². The molecule has 382 valence electrons. The molecule has 2 aliphatic rings. The van der Waals surface area contributed by atoms with Gasteiger partial charge in [0.2, 0.25) is 0 Å². The van der Waals surface area contributed by atoms with E-state index in [4.69, 9.17) is 23.2 Å². The van der Waals surface area contributed by atoms with Crippen LogP contribution in [0.25, 0.3) is 21.8 Å². The molecule has 2 fully saturated rings. The maximum atomic E-state index is 13.8.